The fourth-order valence-electron chi connectivity index (χ4n) is 4.25. The minimum absolute atomic E-state index is 0.195. The van der Waals surface area contributed by atoms with Gasteiger partial charge >= 0.3 is 5.97 Å². The molecule has 0 radical (unpaired) electrons. The van der Waals surface area contributed by atoms with E-state index in [9.17, 15) is 20.1 Å². The Labute approximate surface area is 181 Å². The molecule has 2 aromatic carbocycles. The van der Waals surface area contributed by atoms with Crippen molar-refractivity contribution in [3.63, 3.8) is 0 Å². The average molecular weight is 428 g/mol. The molecule has 4 rings (SSSR count). The summed E-state index contributed by atoms with van der Waals surface area (Å²) in [4.78, 5) is 11.2. The lowest BCUT2D eigenvalue weighted by atomic mass is 9.86. The number of aliphatic hydroxyl groups excluding tert-OH is 3. The SMILES string of the molecule is CCc1ccc(Cc2ccc3c(c2)[C@]2(OC3)O[C@H](COC(C)=O)[C@@H](O)[C@H](O)[C@H]2O)cc1. The van der Waals surface area contributed by atoms with Gasteiger partial charge in [-0.25, -0.2) is 0 Å². The lowest BCUT2D eigenvalue weighted by molar-refractivity contribution is -0.368. The van der Waals surface area contributed by atoms with Gasteiger partial charge in [0.25, 0.3) is 0 Å². The third-order valence-corrected chi connectivity index (χ3v) is 6.05. The fraction of sp³-hybridized carbons (Fsp3) is 0.458. The molecular weight excluding hydrogens is 400 g/mol. The largest absolute Gasteiger partial charge is 0.463 e. The number of benzene rings is 2. The van der Waals surface area contributed by atoms with Crippen molar-refractivity contribution in [2.75, 3.05) is 6.61 Å². The Hall–Kier alpha value is -2.29. The third kappa shape index (κ3) is 4.12. The summed E-state index contributed by atoms with van der Waals surface area (Å²) in [6, 6.07) is 14.3. The predicted octanol–water partition coefficient (Wildman–Crippen LogP) is 1.57. The molecule has 0 amide bonds. The van der Waals surface area contributed by atoms with Crippen LogP contribution in [-0.4, -0.2) is 52.3 Å². The zero-order valence-corrected chi connectivity index (χ0v) is 17.7. The van der Waals surface area contributed by atoms with Crippen LogP contribution in [0.3, 0.4) is 0 Å². The predicted molar refractivity (Wildman–Crippen MR) is 111 cm³/mol. The highest BCUT2D eigenvalue weighted by atomic mass is 16.7. The first-order valence-corrected chi connectivity index (χ1v) is 10.5. The smallest absolute Gasteiger partial charge is 0.302 e. The van der Waals surface area contributed by atoms with E-state index in [1.165, 1.54) is 12.5 Å². The van der Waals surface area contributed by atoms with E-state index in [2.05, 4.69) is 31.2 Å². The van der Waals surface area contributed by atoms with Crippen molar-refractivity contribution in [2.24, 2.45) is 0 Å². The van der Waals surface area contributed by atoms with E-state index < -0.39 is 36.2 Å². The molecule has 31 heavy (non-hydrogen) atoms. The third-order valence-electron chi connectivity index (χ3n) is 6.05. The molecular formula is C24H28O7. The average Bonchev–Trinajstić information content (AvgIpc) is 3.13. The molecule has 0 aromatic heterocycles. The van der Waals surface area contributed by atoms with Crippen molar-refractivity contribution in [3.05, 3.63) is 70.3 Å². The zero-order valence-electron chi connectivity index (χ0n) is 17.7. The van der Waals surface area contributed by atoms with Gasteiger partial charge in [-0.05, 0) is 41.2 Å². The highest BCUT2D eigenvalue weighted by molar-refractivity contribution is 5.65. The van der Waals surface area contributed by atoms with Gasteiger partial charge < -0.3 is 29.5 Å². The van der Waals surface area contributed by atoms with Crippen molar-refractivity contribution >= 4 is 5.97 Å². The molecule has 1 spiro atoms. The van der Waals surface area contributed by atoms with Gasteiger partial charge in [-0.15, -0.1) is 0 Å². The maximum atomic E-state index is 11.2. The number of aliphatic hydroxyl groups is 3. The van der Waals surface area contributed by atoms with Gasteiger partial charge in [0.2, 0.25) is 5.79 Å². The molecule has 1 fully saturated rings. The molecule has 1 saturated heterocycles. The standard InChI is InChI=1S/C24H28O7/c1-3-15-4-6-16(7-5-15)10-17-8-9-18-12-30-24(19(18)11-17)23(28)22(27)21(26)20(31-24)13-29-14(2)25/h4-9,11,20-23,26-28H,3,10,12-13H2,1-2H3/t20-,21-,22+,23-,24+/m1/s1. The summed E-state index contributed by atoms with van der Waals surface area (Å²) in [5, 5.41) is 31.6. The number of ether oxygens (including phenoxy) is 3. The van der Waals surface area contributed by atoms with Crippen molar-refractivity contribution in [1.82, 2.24) is 0 Å². The molecule has 0 aliphatic carbocycles. The first-order chi connectivity index (χ1) is 14.8. The Morgan fingerprint density at radius 2 is 1.74 bits per heavy atom. The van der Waals surface area contributed by atoms with Crippen molar-refractivity contribution in [2.45, 2.75) is 63.5 Å². The van der Waals surface area contributed by atoms with Gasteiger partial charge in [0, 0.05) is 12.5 Å². The molecule has 0 unspecified atom stereocenters. The van der Waals surface area contributed by atoms with Gasteiger partial charge in [0.05, 0.1) is 6.61 Å². The minimum atomic E-state index is -1.64. The van der Waals surface area contributed by atoms with Gasteiger partial charge in [-0.3, -0.25) is 4.79 Å². The monoisotopic (exact) mass is 428 g/mol. The van der Waals surface area contributed by atoms with E-state index in [4.69, 9.17) is 14.2 Å². The molecule has 0 saturated carbocycles. The van der Waals surface area contributed by atoms with Crippen LogP contribution in [-0.2, 0) is 44.2 Å². The number of carbonyl (C=O) groups is 1. The molecule has 3 N–H and O–H groups in total. The van der Waals surface area contributed by atoms with E-state index in [0.717, 1.165) is 23.1 Å². The number of fused-ring (bicyclic) bond motifs is 2. The Balaban J connectivity index is 1.63. The second-order valence-electron chi connectivity index (χ2n) is 8.18. The topological polar surface area (TPSA) is 105 Å². The summed E-state index contributed by atoms with van der Waals surface area (Å²) < 4.78 is 16.8. The lowest BCUT2D eigenvalue weighted by Gasteiger charge is -2.46. The zero-order chi connectivity index (χ0) is 22.2. The second kappa shape index (κ2) is 8.68. The lowest BCUT2D eigenvalue weighted by Crippen LogP contribution is -2.63. The highest BCUT2D eigenvalue weighted by Crippen LogP contribution is 2.46. The Morgan fingerprint density at radius 3 is 2.42 bits per heavy atom. The first kappa shape index (κ1) is 21.9. The summed E-state index contributed by atoms with van der Waals surface area (Å²) in [7, 11) is 0. The van der Waals surface area contributed by atoms with Crippen molar-refractivity contribution < 1.29 is 34.3 Å². The molecule has 2 aromatic rings. The van der Waals surface area contributed by atoms with E-state index in [-0.39, 0.29) is 13.2 Å². The number of hydrogen-bond donors (Lipinski definition) is 3. The second-order valence-corrected chi connectivity index (χ2v) is 8.18. The molecule has 5 atom stereocenters. The van der Waals surface area contributed by atoms with Gasteiger partial charge in [-0.1, -0.05) is 43.3 Å². The van der Waals surface area contributed by atoms with Crippen LogP contribution >= 0.6 is 0 Å². The number of carbonyl (C=O) groups excluding carboxylic acids is 1. The van der Waals surface area contributed by atoms with Crippen LogP contribution < -0.4 is 0 Å². The van der Waals surface area contributed by atoms with E-state index >= 15 is 0 Å². The molecule has 166 valence electrons. The number of esters is 1. The fourth-order valence-corrected chi connectivity index (χ4v) is 4.25. The number of aryl methyl sites for hydroxylation is 1. The summed E-state index contributed by atoms with van der Waals surface area (Å²) in [5.41, 5.74) is 4.87. The highest BCUT2D eigenvalue weighted by Gasteiger charge is 2.58. The van der Waals surface area contributed by atoms with Gasteiger partial charge in [0.1, 0.15) is 31.0 Å². The Kier molecular flexibility index (Phi) is 6.14. The van der Waals surface area contributed by atoms with E-state index in [1.807, 2.05) is 18.2 Å². The summed E-state index contributed by atoms with van der Waals surface area (Å²) >= 11 is 0. The van der Waals surface area contributed by atoms with E-state index in [0.29, 0.717) is 12.0 Å². The normalized spacial score (nSPS) is 29.7. The molecule has 2 heterocycles. The molecule has 7 heteroatoms. The molecule has 2 aliphatic heterocycles. The van der Waals surface area contributed by atoms with Crippen LogP contribution in [0.1, 0.15) is 41.7 Å². The minimum Gasteiger partial charge on any atom is -0.463 e. The number of hydrogen-bond acceptors (Lipinski definition) is 7. The van der Waals surface area contributed by atoms with Gasteiger partial charge in [-0.2, -0.15) is 0 Å². The van der Waals surface area contributed by atoms with Crippen LogP contribution in [0.5, 0.6) is 0 Å². The van der Waals surface area contributed by atoms with Gasteiger partial charge in [0.15, 0.2) is 0 Å². The maximum Gasteiger partial charge on any atom is 0.302 e. The quantitative estimate of drug-likeness (QED) is 0.621. The first-order valence-electron chi connectivity index (χ1n) is 10.5. The van der Waals surface area contributed by atoms with Crippen LogP contribution in [0.4, 0.5) is 0 Å². The molecule has 0 bridgehead atoms. The van der Waals surface area contributed by atoms with Crippen LogP contribution in [0, 0.1) is 0 Å². The Morgan fingerprint density at radius 1 is 1.06 bits per heavy atom. The summed E-state index contributed by atoms with van der Waals surface area (Å²) in [5.74, 6) is -2.17. The Bertz CT molecular complexity index is 941. The van der Waals surface area contributed by atoms with Crippen molar-refractivity contribution in [3.8, 4) is 0 Å². The summed E-state index contributed by atoms with van der Waals surface area (Å²) in [6.45, 7) is 3.30. The molecule has 2 aliphatic rings. The maximum absolute atomic E-state index is 11.2. The number of rotatable bonds is 5. The van der Waals surface area contributed by atoms with Crippen LogP contribution in [0.2, 0.25) is 0 Å². The summed E-state index contributed by atoms with van der Waals surface area (Å²) in [6.07, 6.45) is -3.82. The van der Waals surface area contributed by atoms with Crippen LogP contribution in [0.15, 0.2) is 42.5 Å². The van der Waals surface area contributed by atoms with Crippen LogP contribution in [0.25, 0.3) is 0 Å². The molecule has 7 nitrogen and oxygen atoms in total. The van der Waals surface area contributed by atoms with E-state index in [1.54, 1.807) is 0 Å². The van der Waals surface area contributed by atoms with Crippen molar-refractivity contribution in [1.29, 1.82) is 0 Å².